The van der Waals surface area contributed by atoms with Crippen molar-refractivity contribution in [2.45, 2.75) is 19.4 Å². The molecule has 1 N–H and O–H groups in total. The topological polar surface area (TPSA) is 46.9 Å². The molecule has 4 nitrogen and oxygen atoms in total. The lowest BCUT2D eigenvalue weighted by Crippen LogP contribution is -2.21. The normalized spacial score (nSPS) is 10.4. The summed E-state index contributed by atoms with van der Waals surface area (Å²) in [7, 11) is 1.92. The molecule has 0 aliphatic heterocycles. The average molecular weight is 260 g/mol. The van der Waals surface area contributed by atoms with E-state index in [1.54, 1.807) is 10.9 Å². The van der Waals surface area contributed by atoms with Crippen molar-refractivity contribution < 1.29 is 0 Å². The molecule has 0 radical (unpaired) electrons. The lowest BCUT2D eigenvalue weighted by Gasteiger charge is -2.04. The van der Waals surface area contributed by atoms with E-state index in [4.69, 9.17) is 0 Å². The zero-order chi connectivity index (χ0) is 10.4. The maximum absolute atomic E-state index is 11.5. The Morgan fingerprint density at radius 3 is 3.07 bits per heavy atom. The molecule has 0 atom stereocenters. The fourth-order valence-corrected chi connectivity index (χ4v) is 1.51. The minimum absolute atomic E-state index is 0.00976. The summed E-state index contributed by atoms with van der Waals surface area (Å²) in [4.78, 5) is 15.4. The SMILES string of the molecule is CNCCCCn1cncc(Br)c1=O. The summed E-state index contributed by atoms with van der Waals surface area (Å²) in [6.45, 7) is 1.71. The number of aryl methyl sites for hydroxylation is 1. The van der Waals surface area contributed by atoms with Crippen molar-refractivity contribution in [1.82, 2.24) is 14.9 Å². The molecule has 0 aromatic carbocycles. The molecule has 1 aromatic heterocycles. The molecule has 0 unspecified atom stereocenters. The molecule has 14 heavy (non-hydrogen) atoms. The van der Waals surface area contributed by atoms with Gasteiger partial charge in [-0.2, -0.15) is 0 Å². The van der Waals surface area contributed by atoms with Crippen LogP contribution in [0.25, 0.3) is 0 Å². The van der Waals surface area contributed by atoms with Gasteiger partial charge in [-0.25, -0.2) is 4.98 Å². The Morgan fingerprint density at radius 2 is 2.36 bits per heavy atom. The van der Waals surface area contributed by atoms with Crippen LogP contribution in [0.2, 0.25) is 0 Å². The van der Waals surface area contributed by atoms with Gasteiger partial charge in [0.1, 0.15) is 4.47 Å². The van der Waals surface area contributed by atoms with Gasteiger partial charge in [0.05, 0.1) is 6.33 Å². The summed E-state index contributed by atoms with van der Waals surface area (Å²) in [6.07, 6.45) is 5.15. The van der Waals surface area contributed by atoms with E-state index in [0.29, 0.717) is 4.47 Å². The summed E-state index contributed by atoms with van der Waals surface area (Å²) < 4.78 is 2.15. The van der Waals surface area contributed by atoms with Crippen molar-refractivity contribution in [3.05, 3.63) is 27.4 Å². The highest BCUT2D eigenvalue weighted by molar-refractivity contribution is 9.10. The third-order valence-electron chi connectivity index (χ3n) is 1.93. The Kier molecular flexibility index (Phi) is 4.82. The van der Waals surface area contributed by atoms with Crippen LogP contribution in [0.5, 0.6) is 0 Å². The third-order valence-corrected chi connectivity index (χ3v) is 2.48. The third kappa shape index (κ3) is 3.23. The number of unbranched alkanes of at least 4 members (excludes halogenated alkanes) is 1. The highest BCUT2D eigenvalue weighted by Gasteiger charge is 1.99. The van der Waals surface area contributed by atoms with Crippen LogP contribution in [-0.2, 0) is 6.54 Å². The molecule has 0 saturated heterocycles. The van der Waals surface area contributed by atoms with Gasteiger partial charge >= 0.3 is 0 Å². The van der Waals surface area contributed by atoms with E-state index in [-0.39, 0.29) is 5.56 Å². The van der Waals surface area contributed by atoms with Gasteiger partial charge in [0, 0.05) is 12.7 Å². The lowest BCUT2D eigenvalue weighted by atomic mass is 10.3. The fraction of sp³-hybridized carbons (Fsp3) is 0.556. The van der Waals surface area contributed by atoms with Gasteiger partial charge in [0.2, 0.25) is 0 Å². The van der Waals surface area contributed by atoms with E-state index in [9.17, 15) is 4.79 Å². The van der Waals surface area contributed by atoms with Crippen LogP contribution in [0, 0.1) is 0 Å². The molecular weight excluding hydrogens is 246 g/mol. The minimum Gasteiger partial charge on any atom is -0.320 e. The molecule has 0 spiro atoms. The van der Waals surface area contributed by atoms with Gasteiger partial charge in [-0.3, -0.25) is 9.36 Å². The van der Waals surface area contributed by atoms with Crippen LogP contribution in [-0.4, -0.2) is 23.1 Å². The smallest absolute Gasteiger partial charge is 0.267 e. The van der Waals surface area contributed by atoms with E-state index in [2.05, 4.69) is 26.2 Å². The zero-order valence-corrected chi connectivity index (χ0v) is 9.75. The molecule has 1 rings (SSSR count). The first-order valence-electron chi connectivity index (χ1n) is 4.60. The van der Waals surface area contributed by atoms with Gasteiger partial charge < -0.3 is 5.32 Å². The summed E-state index contributed by atoms with van der Waals surface area (Å²) in [5.74, 6) is 0. The summed E-state index contributed by atoms with van der Waals surface area (Å²) in [6, 6.07) is 0. The number of hydrogen-bond donors (Lipinski definition) is 1. The number of aromatic nitrogens is 2. The van der Waals surface area contributed by atoms with Crippen LogP contribution in [0.4, 0.5) is 0 Å². The first-order chi connectivity index (χ1) is 6.75. The Balaban J connectivity index is 2.51. The highest BCUT2D eigenvalue weighted by atomic mass is 79.9. The molecule has 78 valence electrons. The average Bonchev–Trinajstić information content (AvgIpc) is 2.19. The van der Waals surface area contributed by atoms with Crippen molar-refractivity contribution >= 4 is 15.9 Å². The molecule has 0 aliphatic carbocycles. The number of nitrogens with zero attached hydrogens (tertiary/aromatic N) is 2. The molecule has 0 amide bonds. The van der Waals surface area contributed by atoms with Crippen LogP contribution in [0.15, 0.2) is 21.8 Å². The van der Waals surface area contributed by atoms with Crippen LogP contribution >= 0.6 is 15.9 Å². The molecule has 5 heteroatoms. The molecule has 0 bridgehead atoms. The summed E-state index contributed by atoms with van der Waals surface area (Å²) >= 11 is 3.16. The van der Waals surface area contributed by atoms with Crippen LogP contribution in [0.1, 0.15) is 12.8 Å². The van der Waals surface area contributed by atoms with Crippen LogP contribution < -0.4 is 10.9 Å². The Bertz CT molecular complexity index is 337. The summed E-state index contributed by atoms with van der Waals surface area (Å²) in [5, 5.41) is 3.07. The summed E-state index contributed by atoms with van der Waals surface area (Å²) in [5.41, 5.74) is -0.00976. The fourth-order valence-electron chi connectivity index (χ4n) is 1.17. The molecule has 0 fully saturated rings. The second-order valence-electron chi connectivity index (χ2n) is 3.05. The van der Waals surface area contributed by atoms with Crippen molar-refractivity contribution in [3.63, 3.8) is 0 Å². The van der Waals surface area contributed by atoms with E-state index in [1.807, 2.05) is 7.05 Å². The second kappa shape index (κ2) is 5.93. The van der Waals surface area contributed by atoms with Crippen molar-refractivity contribution in [2.75, 3.05) is 13.6 Å². The van der Waals surface area contributed by atoms with Gasteiger partial charge in [-0.05, 0) is 42.4 Å². The molecule has 1 heterocycles. The molecule has 0 saturated carbocycles. The van der Waals surface area contributed by atoms with Gasteiger partial charge in [0.15, 0.2) is 0 Å². The quantitative estimate of drug-likeness (QED) is 0.803. The largest absolute Gasteiger partial charge is 0.320 e. The van der Waals surface area contributed by atoms with Gasteiger partial charge in [0.25, 0.3) is 5.56 Å². The first-order valence-corrected chi connectivity index (χ1v) is 5.39. The highest BCUT2D eigenvalue weighted by Crippen LogP contribution is 1.99. The van der Waals surface area contributed by atoms with Crippen molar-refractivity contribution in [2.24, 2.45) is 0 Å². The number of hydrogen-bond acceptors (Lipinski definition) is 3. The predicted octanol–water partition coefficient (Wildman–Crippen LogP) is 1.01. The van der Waals surface area contributed by atoms with E-state index >= 15 is 0 Å². The second-order valence-corrected chi connectivity index (χ2v) is 3.91. The Hall–Kier alpha value is -0.680. The Morgan fingerprint density at radius 1 is 1.57 bits per heavy atom. The maximum Gasteiger partial charge on any atom is 0.267 e. The predicted molar refractivity (Wildman–Crippen MR) is 59.4 cm³/mol. The van der Waals surface area contributed by atoms with Crippen molar-refractivity contribution in [3.8, 4) is 0 Å². The first kappa shape index (κ1) is 11.4. The van der Waals surface area contributed by atoms with E-state index in [0.717, 1.165) is 25.9 Å². The van der Waals surface area contributed by atoms with E-state index in [1.165, 1.54) is 6.20 Å². The number of nitrogens with one attached hydrogen (secondary N) is 1. The standard InChI is InChI=1S/C9H14BrN3O/c1-11-4-2-3-5-13-7-12-6-8(10)9(13)14/h6-7,11H,2-5H2,1H3. The molecule has 0 aliphatic rings. The lowest BCUT2D eigenvalue weighted by molar-refractivity contribution is 0.570. The zero-order valence-electron chi connectivity index (χ0n) is 8.16. The minimum atomic E-state index is -0.00976. The maximum atomic E-state index is 11.5. The number of rotatable bonds is 5. The number of halogens is 1. The van der Waals surface area contributed by atoms with Gasteiger partial charge in [-0.15, -0.1) is 0 Å². The van der Waals surface area contributed by atoms with Gasteiger partial charge in [-0.1, -0.05) is 0 Å². The molecular formula is C9H14BrN3O. The molecule has 1 aromatic rings. The monoisotopic (exact) mass is 259 g/mol. The van der Waals surface area contributed by atoms with E-state index < -0.39 is 0 Å². The van der Waals surface area contributed by atoms with Crippen molar-refractivity contribution in [1.29, 1.82) is 0 Å². The Labute approximate surface area is 91.5 Å². The van der Waals surface area contributed by atoms with Crippen LogP contribution in [0.3, 0.4) is 0 Å².